The van der Waals surface area contributed by atoms with E-state index in [4.69, 9.17) is 4.74 Å². The first-order valence-corrected chi connectivity index (χ1v) is 5.76. The number of ether oxygens (including phenoxy) is 1. The van der Waals surface area contributed by atoms with Gasteiger partial charge in [0.2, 0.25) is 0 Å². The van der Waals surface area contributed by atoms with Crippen LogP contribution in [-0.2, 0) is 6.18 Å². The van der Waals surface area contributed by atoms with Crippen LogP contribution in [0.3, 0.4) is 0 Å². The number of halogens is 5. The molecule has 106 valence electrons. The molecule has 3 rings (SSSR count). The monoisotopic (exact) mass is 297 g/mol. The van der Waals surface area contributed by atoms with E-state index >= 15 is 0 Å². The van der Waals surface area contributed by atoms with Crippen molar-refractivity contribution in [3.63, 3.8) is 0 Å². The predicted molar refractivity (Wildman–Crippen MR) is 63.0 cm³/mol. The minimum atomic E-state index is -4.56. The Morgan fingerprint density at radius 1 is 1.26 bits per heavy atom. The van der Waals surface area contributed by atoms with Gasteiger partial charge in [-0.1, -0.05) is 0 Å². The highest BCUT2D eigenvalue weighted by Gasteiger charge is 2.38. The second kappa shape index (κ2) is 4.83. The normalized spacial score (nSPS) is 25.1. The molecule has 0 aromatic heterocycles. The van der Waals surface area contributed by atoms with Gasteiger partial charge in [-0.25, -0.2) is 4.39 Å². The Kier molecular flexibility index (Phi) is 3.66. The second-order valence-corrected chi connectivity index (χ2v) is 4.64. The number of rotatable bonds is 0. The average molecular weight is 298 g/mol. The van der Waals surface area contributed by atoms with Gasteiger partial charge >= 0.3 is 6.18 Å². The van der Waals surface area contributed by atoms with Gasteiger partial charge in [-0.05, 0) is 25.1 Å². The van der Waals surface area contributed by atoms with Crippen molar-refractivity contribution in [2.24, 2.45) is 0 Å². The van der Waals surface area contributed by atoms with E-state index in [1.807, 2.05) is 0 Å². The first kappa shape index (κ1) is 14.4. The molecule has 0 amide bonds. The Labute approximate surface area is 113 Å². The number of nitrogens with one attached hydrogen (secondary N) is 1. The fourth-order valence-corrected chi connectivity index (χ4v) is 2.58. The molecule has 0 saturated carbocycles. The zero-order valence-corrected chi connectivity index (χ0v) is 10.6. The van der Waals surface area contributed by atoms with Crippen molar-refractivity contribution >= 4 is 12.4 Å². The van der Waals surface area contributed by atoms with Crippen LogP contribution in [0.15, 0.2) is 12.1 Å². The van der Waals surface area contributed by atoms with E-state index in [9.17, 15) is 17.6 Å². The van der Waals surface area contributed by atoms with Crippen molar-refractivity contribution in [2.75, 3.05) is 6.54 Å². The second-order valence-electron chi connectivity index (χ2n) is 4.64. The summed E-state index contributed by atoms with van der Waals surface area (Å²) in [6, 6.07) is 1.19. The zero-order valence-electron chi connectivity index (χ0n) is 9.76. The van der Waals surface area contributed by atoms with Crippen LogP contribution in [0.2, 0.25) is 0 Å². The summed E-state index contributed by atoms with van der Waals surface area (Å²) >= 11 is 0. The average Bonchev–Trinajstić information content (AvgIpc) is 2.26. The third-order valence-corrected chi connectivity index (χ3v) is 3.42. The molecule has 2 nitrogen and oxygen atoms in total. The van der Waals surface area contributed by atoms with Crippen LogP contribution in [0, 0.1) is 5.82 Å². The minimum absolute atomic E-state index is 0. The standard InChI is InChI=1S/C12H11F4NO.ClH/c13-8-3-6(12(14,15)16)4-10-11(8)9-5-7(18-10)1-2-17-9;/h3-4,7,9,17H,1-2,5H2;1H. The van der Waals surface area contributed by atoms with Crippen molar-refractivity contribution in [1.82, 2.24) is 5.32 Å². The van der Waals surface area contributed by atoms with Gasteiger partial charge in [-0.3, -0.25) is 0 Å². The molecule has 0 spiro atoms. The first-order chi connectivity index (χ1) is 8.45. The topological polar surface area (TPSA) is 21.3 Å². The number of fused-ring (bicyclic) bond motifs is 4. The Balaban J connectivity index is 0.00000133. The summed E-state index contributed by atoms with van der Waals surface area (Å²) in [7, 11) is 0. The van der Waals surface area contributed by atoms with Crippen LogP contribution in [-0.4, -0.2) is 12.6 Å². The summed E-state index contributed by atoms with van der Waals surface area (Å²) in [5, 5.41) is 3.10. The lowest BCUT2D eigenvalue weighted by Crippen LogP contribution is -2.41. The molecule has 2 atom stereocenters. The van der Waals surface area contributed by atoms with Gasteiger partial charge in [0.25, 0.3) is 0 Å². The molecule has 19 heavy (non-hydrogen) atoms. The maximum absolute atomic E-state index is 13.8. The summed E-state index contributed by atoms with van der Waals surface area (Å²) in [6.45, 7) is 0.690. The molecule has 2 heterocycles. The van der Waals surface area contributed by atoms with E-state index < -0.39 is 17.6 Å². The maximum atomic E-state index is 13.8. The van der Waals surface area contributed by atoms with Crippen LogP contribution >= 0.6 is 12.4 Å². The highest BCUT2D eigenvalue weighted by Crippen LogP contribution is 2.42. The largest absolute Gasteiger partial charge is 0.490 e. The number of hydrogen-bond donors (Lipinski definition) is 1. The quantitative estimate of drug-likeness (QED) is 0.741. The highest BCUT2D eigenvalue weighted by atomic mass is 35.5. The van der Waals surface area contributed by atoms with E-state index in [0.717, 1.165) is 12.5 Å². The molecule has 1 aromatic rings. The molecule has 0 radical (unpaired) electrons. The fraction of sp³-hybridized carbons (Fsp3) is 0.500. The minimum Gasteiger partial charge on any atom is -0.490 e. The smallest absolute Gasteiger partial charge is 0.416 e. The summed E-state index contributed by atoms with van der Waals surface area (Å²) in [5.74, 6) is -0.826. The summed E-state index contributed by atoms with van der Waals surface area (Å²) in [4.78, 5) is 0. The van der Waals surface area contributed by atoms with Crippen LogP contribution in [0.25, 0.3) is 0 Å². The van der Waals surface area contributed by atoms with Gasteiger partial charge in [-0.2, -0.15) is 13.2 Å². The molecule has 7 heteroatoms. The van der Waals surface area contributed by atoms with E-state index in [0.29, 0.717) is 19.0 Å². The maximum Gasteiger partial charge on any atom is 0.416 e. The van der Waals surface area contributed by atoms with Gasteiger partial charge in [0.05, 0.1) is 5.56 Å². The molecule has 1 N–H and O–H groups in total. The number of hydrogen-bond acceptors (Lipinski definition) is 2. The summed E-state index contributed by atoms with van der Waals surface area (Å²) < 4.78 is 57.0. The Morgan fingerprint density at radius 2 is 2.00 bits per heavy atom. The number of piperidine rings is 1. The lowest BCUT2D eigenvalue weighted by Gasteiger charge is -2.37. The Morgan fingerprint density at radius 3 is 2.68 bits per heavy atom. The molecular formula is C12H12ClF4NO. The zero-order chi connectivity index (χ0) is 12.9. The summed E-state index contributed by atoms with van der Waals surface area (Å²) in [5.41, 5.74) is -0.780. The lowest BCUT2D eigenvalue weighted by atomic mass is 9.90. The highest BCUT2D eigenvalue weighted by molar-refractivity contribution is 5.85. The van der Waals surface area contributed by atoms with E-state index in [-0.39, 0.29) is 35.9 Å². The van der Waals surface area contributed by atoms with E-state index in [2.05, 4.69) is 5.32 Å². The van der Waals surface area contributed by atoms with Crippen LogP contribution in [0.4, 0.5) is 17.6 Å². The molecule has 1 saturated heterocycles. The molecule has 1 aromatic carbocycles. The van der Waals surface area contributed by atoms with Crippen LogP contribution in [0.5, 0.6) is 5.75 Å². The molecule has 2 aliphatic rings. The van der Waals surface area contributed by atoms with Crippen molar-refractivity contribution in [1.29, 1.82) is 0 Å². The van der Waals surface area contributed by atoms with Crippen molar-refractivity contribution in [3.05, 3.63) is 29.1 Å². The third kappa shape index (κ3) is 2.51. The predicted octanol–water partition coefficient (Wildman–Crippen LogP) is 3.45. The lowest BCUT2D eigenvalue weighted by molar-refractivity contribution is -0.138. The Bertz CT molecular complexity index is 491. The number of alkyl halides is 3. The molecular weight excluding hydrogens is 286 g/mol. The first-order valence-electron chi connectivity index (χ1n) is 5.76. The van der Waals surface area contributed by atoms with Crippen molar-refractivity contribution in [3.8, 4) is 5.75 Å². The van der Waals surface area contributed by atoms with Crippen molar-refractivity contribution in [2.45, 2.75) is 31.2 Å². The van der Waals surface area contributed by atoms with Gasteiger partial charge in [-0.15, -0.1) is 12.4 Å². The molecule has 2 aliphatic heterocycles. The molecule has 1 fully saturated rings. The van der Waals surface area contributed by atoms with Crippen molar-refractivity contribution < 1.29 is 22.3 Å². The fourth-order valence-electron chi connectivity index (χ4n) is 2.58. The van der Waals surface area contributed by atoms with E-state index in [1.54, 1.807) is 0 Å². The van der Waals surface area contributed by atoms with Gasteiger partial charge in [0.1, 0.15) is 17.7 Å². The Hall–Kier alpha value is -1.01. The number of benzene rings is 1. The third-order valence-electron chi connectivity index (χ3n) is 3.42. The van der Waals surface area contributed by atoms with Crippen LogP contribution in [0.1, 0.15) is 30.0 Å². The molecule has 0 aliphatic carbocycles. The van der Waals surface area contributed by atoms with E-state index in [1.165, 1.54) is 0 Å². The molecule has 2 bridgehead atoms. The SMILES string of the molecule is Cl.Fc1cc(C(F)(F)F)cc2c1C1CC(CCN1)O2. The summed E-state index contributed by atoms with van der Waals surface area (Å²) in [6.07, 6.45) is -3.34. The van der Waals surface area contributed by atoms with Crippen LogP contribution < -0.4 is 10.1 Å². The van der Waals surface area contributed by atoms with Gasteiger partial charge in [0.15, 0.2) is 0 Å². The van der Waals surface area contributed by atoms with Gasteiger partial charge < -0.3 is 10.1 Å². The molecule has 2 unspecified atom stereocenters. The van der Waals surface area contributed by atoms with Gasteiger partial charge in [0, 0.05) is 18.0 Å².